The molecule has 0 heterocycles. The molecule has 5 nitrogen and oxygen atoms in total. The molecular weight excluding hydrogens is 392 g/mol. The SMILES string of the molecule is COc1cc(NS(=O)(=O)c2ccc(C)cc2)ccc1NC(=S)c1ccccc1. The minimum Gasteiger partial charge on any atom is -0.494 e. The van der Waals surface area contributed by atoms with Gasteiger partial charge in [0.1, 0.15) is 10.7 Å². The number of rotatable bonds is 6. The van der Waals surface area contributed by atoms with Gasteiger partial charge in [0.05, 0.1) is 23.4 Å². The molecule has 0 spiro atoms. The van der Waals surface area contributed by atoms with Crippen molar-refractivity contribution in [2.75, 3.05) is 17.1 Å². The summed E-state index contributed by atoms with van der Waals surface area (Å²) in [6.45, 7) is 1.90. The fourth-order valence-electron chi connectivity index (χ4n) is 2.57. The lowest BCUT2D eigenvalue weighted by molar-refractivity contribution is 0.417. The molecule has 0 aliphatic rings. The first-order valence-electron chi connectivity index (χ1n) is 8.53. The van der Waals surface area contributed by atoms with Crippen LogP contribution < -0.4 is 14.8 Å². The molecule has 28 heavy (non-hydrogen) atoms. The summed E-state index contributed by atoms with van der Waals surface area (Å²) in [6.07, 6.45) is 0. The van der Waals surface area contributed by atoms with Crippen molar-refractivity contribution < 1.29 is 13.2 Å². The summed E-state index contributed by atoms with van der Waals surface area (Å²) in [5, 5.41) is 3.13. The highest BCUT2D eigenvalue weighted by Crippen LogP contribution is 2.29. The second-order valence-electron chi connectivity index (χ2n) is 6.15. The van der Waals surface area contributed by atoms with Gasteiger partial charge in [0, 0.05) is 11.6 Å². The highest BCUT2D eigenvalue weighted by atomic mass is 32.2. The summed E-state index contributed by atoms with van der Waals surface area (Å²) < 4.78 is 33.1. The van der Waals surface area contributed by atoms with E-state index in [9.17, 15) is 8.42 Å². The number of methoxy groups -OCH3 is 1. The Morgan fingerprint density at radius 1 is 0.964 bits per heavy atom. The average molecular weight is 413 g/mol. The fourth-order valence-corrected chi connectivity index (χ4v) is 3.87. The van der Waals surface area contributed by atoms with E-state index in [-0.39, 0.29) is 4.90 Å². The van der Waals surface area contributed by atoms with Gasteiger partial charge in [-0.05, 0) is 31.2 Å². The first-order valence-corrected chi connectivity index (χ1v) is 10.4. The largest absolute Gasteiger partial charge is 0.494 e. The molecule has 0 aliphatic heterocycles. The Hall–Kier alpha value is -2.90. The van der Waals surface area contributed by atoms with Crippen molar-refractivity contribution in [2.45, 2.75) is 11.8 Å². The number of hydrogen-bond acceptors (Lipinski definition) is 4. The summed E-state index contributed by atoms with van der Waals surface area (Å²) in [5.41, 5.74) is 2.91. The Morgan fingerprint density at radius 3 is 2.29 bits per heavy atom. The van der Waals surface area contributed by atoms with Crippen molar-refractivity contribution in [3.05, 3.63) is 83.9 Å². The zero-order valence-electron chi connectivity index (χ0n) is 15.5. The van der Waals surface area contributed by atoms with Gasteiger partial charge in [-0.25, -0.2) is 8.42 Å². The van der Waals surface area contributed by atoms with Gasteiger partial charge in [-0.2, -0.15) is 0 Å². The van der Waals surface area contributed by atoms with E-state index in [2.05, 4.69) is 10.0 Å². The molecule has 0 radical (unpaired) electrons. The van der Waals surface area contributed by atoms with Gasteiger partial charge < -0.3 is 10.1 Å². The van der Waals surface area contributed by atoms with Crippen LogP contribution in [-0.4, -0.2) is 20.5 Å². The molecule has 3 rings (SSSR count). The lowest BCUT2D eigenvalue weighted by Gasteiger charge is -2.15. The van der Waals surface area contributed by atoms with Gasteiger partial charge in [0.2, 0.25) is 0 Å². The normalized spacial score (nSPS) is 10.9. The van der Waals surface area contributed by atoms with Gasteiger partial charge in [-0.15, -0.1) is 0 Å². The van der Waals surface area contributed by atoms with E-state index >= 15 is 0 Å². The third-order valence-electron chi connectivity index (χ3n) is 4.07. The van der Waals surface area contributed by atoms with Crippen LogP contribution in [0.2, 0.25) is 0 Å². The molecular formula is C21H20N2O3S2. The van der Waals surface area contributed by atoms with E-state index in [1.807, 2.05) is 37.3 Å². The van der Waals surface area contributed by atoms with Crippen LogP contribution in [0.1, 0.15) is 11.1 Å². The minimum atomic E-state index is -3.69. The van der Waals surface area contributed by atoms with Gasteiger partial charge in [0.25, 0.3) is 10.0 Å². The fraction of sp³-hybridized carbons (Fsp3) is 0.0952. The minimum absolute atomic E-state index is 0.199. The number of nitrogens with one attached hydrogen (secondary N) is 2. The number of hydrogen-bond donors (Lipinski definition) is 2. The lowest BCUT2D eigenvalue weighted by Crippen LogP contribution is -2.14. The first kappa shape index (κ1) is 19.9. The number of sulfonamides is 1. The second kappa shape index (κ2) is 8.41. The number of anilines is 2. The van der Waals surface area contributed by atoms with E-state index < -0.39 is 10.0 Å². The van der Waals surface area contributed by atoms with Gasteiger partial charge >= 0.3 is 0 Å². The molecule has 3 aromatic carbocycles. The van der Waals surface area contributed by atoms with Crippen molar-refractivity contribution in [1.29, 1.82) is 0 Å². The van der Waals surface area contributed by atoms with Crippen LogP contribution in [0.25, 0.3) is 0 Å². The van der Waals surface area contributed by atoms with Crippen molar-refractivity contribution in [3.63, 3.8) is 0 Å². The molecule has 0 fully saturated rings. The first-order chi connectivity index (χ1) is 13.4. The van der Waals surface area contributed by atoms with Crippen LogP contribution in [0.15, 0.2) is 77.7 Å². The molecule has 2 N–H and O–H groups in total. The Bertz CT molecular complexity index is 1080. The Labute approximate surface area is 170 Å². The van der Waals surface area contributed by atoms with E-state index in [1.54, 1.807) is 42.5 Å². The van der Waals surface area contributed by atoms with Crippen LogP contribution in [0.5, 0.6) is 5.75 Å². The van der Waals surface area contributed by atoms with Crippen LogP contribution in [0, 0.1) is 6.92 Å². The lowest BCUT2D eigenvalue weighted by atomic mass is 10.2. The Balaban J connectivity index is 1.81. The quantitative estimate of drug-likeness (QED) is 0.580. The molecule has 0 amide bonds. The maximum atomic E-state index is 12.6. The monoisotopic (exact) mass is 412 g/mol. The van der Waals surface area contributed by atoms with Gasteiger partial charge in [-0.1, -0.05) is 60.2 Å². The molecule has 0 aliphatic carbocycles. The molecule has 0 atom stereocenters. The summed E-state index contributed by atoms with van der Waals surface area (Å²) in [5.74, 6) is 0.474. The number of thiocarbonyl (C=S) groups is 1. The van der Waals surface area contributed by atoms with Crippen molar-refractivity contribution in [1.82, 2.24) is 0 Å². The van der Waals surface area contributed by atoms with Crippen molar-refractivity contribution in [2.24, 2.45) is 0 Å². The topological polar surface area (TPSA) is 67.4 Å². The number of aryl methyl sites for hydroxylation is 1. The van der Waals surface area contributed by atoms with Crippen LogP contribution in [0.4, 0.5) is 11.4 Å². The maximum Gasteiger partial charge on any atom is 0.261 e. The highest BCUT2D eigenvalue weighted by molar-refractivity contribution is 7.92. The third kappa shape index (κ3) is 4.68. The summed E-state index contributed by atoms with van der Waals surface area (Å²) in [7, 11) is -2.17. The predicted octanol–water partition coefficient (Wildman–Crippen LogP) is 4.59. The Morgan fingerprint density at radius 2 is 1.64 bits per heavy atom. The van der Waals surface area contributed by atoms with E-state index in [0.717, 1.165) is 11.1 Å². The van der Waals surface area contributed by atoms with Crippen molar-refractivity contribution >= 4 is 38.6 Å². The molecule has 3 aromatic rings. The highest BCUT2D eigenvalue weighted by Gasteiger charge is 2.15. The van der Waals surface area contributed by atoms with Crippen LogP contribution in [0.3, 0.4) is 0 Å². The molecule has 144 valence electrons. The standard InChI is InChI=1S/C21H20N2O3S2/c1-15-8-11-18(12-9-15)28(24,25)23-17-10-13-19(20(14-17)26-2)22-21(27)16-6-4-3-5-7-16/h3-14,23H,1-2H3,(H,22,27). The van der Waals surface area contributed by atoms with Crippen LogP contribution in [-0.2, 0) is 10.0 Å². The zero-order valence-corrected chi connectivity index (χ0v) is 17.1. The smallest absolute Gasteiger partial charge is 0.261 e. The summed E-state index contributed by atoms with van der Waals surface area (Å²) in [4.78, 5) is 0.747. The van der Waals surface area contributed by atoms with Crippen LogP contribution >= 0.6 is 12.2 Å². The average Bonchev–Trinajstić information content (AvgIpc) is 2.69. The number of benzene rings is 3. The van der Waals surface area contributed by atoms with E-state index in [4.69, 9.17) is 17.0 Å². The maximum absolute atomic E-state index is 12.6. The molecule has 0 aromatic heterocycles. The molecule has 0 unspecified atom stereocenters. The predicted molar refractivity (Wildman–Crippen MR) is 117 cm³/mol. The Kier molecular flexibility index (Phi) is 5.96. The summed E-state index contributed by atoms with van der Waals surface area (Å²) in [6, 6.07) is 21.2. The second-order valence-corrected chi connectivity index (χ2v) is 8.24. The molecule has 7 heteroatoms. The van der Waals surface area contributed by atoms with Gasteiger partial charge in [0.15, 0.2) is 0 Å². The number of ether oxygens (including phenoxy) is 1. The molecule has 0 bridgehead atoms. The zero-order chi connectivity index (χ0) is 20.1. The summed E-state index contributed by atoms with van der Waals surface area (Å²) >= 11 is 5.43. The molecule has 0 saturated carbocycles. The third-order valence-corrected chi connectivity index (χ3v) is 5.80. The van der Waals surface area contributed by atoms with Crippen molar-refractivity contribution in [3.8, 4) is 5.75 Å². The van der Waals surface area contributed by atoms with E-state index in [1.165, 1.54) is 7.11 Å². The van der Waals surface area contributed by atoms with Gasteiger partial charge in [-0.3, -0.25) is 4.72 Å². The molecule has 0 saturated heterocycles. The van der Waals surface area contributed by atoms with E-state index in [0.29, 0.717) is 22.1 Å².